The van der Waals surface area contributed by atoms with Gasteiger partial charge in [0.15, 0.2) is 0 Å². The Bertz CT molecular complexity index is 1790. The first-order chi connectivity index (χ1) is 40.4. The normalized spacial score (nSPS) is 14.3. The van der Waals surface area contributed by atoms with Gasteiger partial charge in [-0.2, -0.15) is 0 Å². The Morgan fingerprint density at radius 1 is 0.434 bits per heavy atom. The number of nitrogens with zero attached hydrogens (tertiary/aromatic N) is 1. The molecule has 0 aromatic carbocycles. The number of likely N-dealkylation sites (N-methyl/N-ethyl adjacent to an activating group) is 1. The van der Waals surface area contributed by atoms with E-state index < -0.39 is 26.6 Å². The number of allylic oxidation sites excluding steroid dienone is 17. The minimum atomic E-state index is -4.71. The predicted octanol–water partition coefficient (Wildman–Crippen LogP) is 21.0. The summed E-state index contributed by atoms with van der Waals surface area (Å²) in [5.74, 6) is -0.560. The van der Waals surface area contributed by atoms with Crippen molar-refractivity contribution < 1.29 is 37.3 Å². The van der Waals surface area contributed by atoms with Crippen LogP contribution in [0, 0.1) is 0 Å². The number of hydrogen-bond acceptors (Lipinski definition) is 7. The fourth-order valence-corrected chi connectivity index (χ4v) is 10.2. The van der Waals surface area contributed by atoms with Crippen molar-refractivity contribution in [2.45, 2.75) is 303 Å². The SMILES string of the molecule is CC/C=C\C/C=C\C/C=C\C/C=C\C/C=C\CCCCCCCCCC(=O)NC(COP(=O)([O-])OCC[N+](C)(C)C)C(/C=C/CCCCCCCCCCC)OC(=O)CCCCCCCCCCCC/C=C\C/C=C\C/C=C\CCCCC. The van der Waals surface area contributed by atoms with Crippen LogP contribution in [0.15, 0.2) is 109 Å². The quantitative estimate of drug-likeness (QED) is 0.0212. The van der Waals surface area contributed by atoms with Gasteiger partial charge in [-0.3, -0.25) is 14.2 Å². The molecule has 83 heavy (non-hydrogen) atoms. The van der Waals surface area contributed by atoms with Crippen molar-refractivity contribution in [1.29, 1.82) is 0 Å². The van der Waals surface area contributed by atoms with E-state index in [2.05, 4.69) is 123 Å². The first kappa shape index (κ1) is 79.7. The maximum absolute atomic E-state index is 13.6. The Labute approximate surface area is 512 Å². The molecule has 0 aromatic rings. The summed E-state index contributed by atoms with van der Waals surface area (Å²) in [6, 6.07) is -0.903. The van der Waals surface area contributed by atoms with E-state index in [9.17, 15) is 19.0 Å². The molecule has 0 rings (SSSR count). The van der Waals surface area contributed by atoms with Crippen LogP contribution in [-0.2, 0) is 27.9 Å². The van der Waals surface area contributed by atoms with Crippen LogP contribution in [0.25, 0.3) is 0 Å². The van der Waals surface area contributed by atoms with Crippen molar-refractivity contribution in [3.63, 3.8) is 0 Å². The van der Waals surface area contributed by atoms with Crippen LogP contribution in [0.4, 0.5) is 0 Å². The first-order valence-electron chi connectivity index (χ1n) is 34.2. The van der Waals surface area contributed by atoms with Gasteiger partial charge >= 0.3 is 5.97 Å². The highest BCUT2D eigenvalue weighted by molar-refractivity contribution is 7.45. The summed E-state index contributed by atoms with van der Waals surface area (Å²) in [7, 11) is 1.16. The highest BCUT2D eigenvalue weighted by Gasteiger charge is 2.27. The summed E-state index contributed by atoms with van der Waals surface area (Å²) in [4.78, 5) is 40.1. The average Bonchev–Trinajstić information content (AvgIpc) is 3.51. The number of quaternary nitrogens is 1. The number of rotatable bonds is 61. The van der Waals surface area contributed by atoms with Gasteiger partial charge in [0.25, 0.3) is 7.82 Å². The van der Waals surface area contributed by atoms with Crippen molar-refractivity contribution in [3.05, 3.63) is 109 Å². The lowest BCUT2D eigenvalue weighted by Gasteiger charge is -2.30. The van der Waals surface area contributed by atoms with Crippen LogP contribution in [0.5, 0.6) is 0 Å². The molecule has 0 aliphatic heterocycles. The zero-order valence-corrected chi connectivity index (χ0v) is 55.5. The predicted molar refractivity (Wildman–Crippen MR) is 357 cm³/mol. The Balaban J connectivity index is 5.12. The van der Waals surface area contributed by atoms with Crippen LogP contribution in [0.1, 0.15) is 290 Å². The second kappa shape index (κ2) is 61.7. The molecule has 0 aliphatic rings. The average molecular weight is 1180 g/mol. The molecular weight excluding hydrogens is 1050 g/mol. The third-order valence-electron chi connectivity index (χ3n) is 14.7. The van der Waals surface area contributed by atoms with Gasteiger partial charge in [0.1, 0.15) is 19.3 Å². The number of carbonyl (C=O) groups excluding carboxylic acids is 2. The van der Waals surface area contributed by atoms with E-state index in [-0.39, 0.29) is 24.9 Å². The largest absolute Gasteiger partial charge is 0.756 e. The molecule has 1 amide bonds. The summed E-state index contributed by atoms with van der Waals surface area (Å²) < 4.78 is 30.4. The topological polar surface area (TPSA) is 114 Å². The maximum Gasteiger partial charge on any atom is 0.306 e. The second-order valence-electron chi connectivity index (χ2n) is 23.9. The van der Waals surface area contributed by atoms with Crippen molar-refractivity contribution in [3.8, 4) is 0 Å². The van der Waals surface area contributed by atoms with Crippen molar-refractivity contribution in [1.82, 2.24) is 5.32 Å². The number of phosphoric ester groups is 1. The van der Waals surface area contributed by atoms with Crippen LogP contribution in [0.2, 0.25) is 0 Å². The van der Waals surface area contributed by atoms with Gasteiger partial charge in [-0.15, -0.1) is 0 Å². The van der Waals surface area contributed by atoms with Crippen LogP contribution in [-0.4, -0.2) is 69.4 Å². The maximum atomic E-state index is 13.6. The standard InChI is InChI=1S/C73H129N2O7P/c1-7-10-13-16-19-22-25-27-29-31-33-35-37-39-41-43-45-47-50-53-56-59-62-65-72(76)74-70(69-81-83(78,79)80-68-67-75(4,5)6)71(64-61-58-55-52-49-24-21-18-15-12-9-3)82-73(77)66-63-60-57-54-51-48-46-44-42-40-38-36-34-32-30-28-26-23-20-17-14-11-8-2/h10,13,19-20,22-23,27-30,33-36,39,41,61,64,70-71H,7-9,11-12,14-18,21,24-26,31-32,37-38,40,42-60,62-63,65-69H2,1-6H3,(H-,74,76,78,79)/b13-10-,22-19-,23-20-,29-27-,30-28-,35-33-,36-34-,41-39-,64-61+. The monoisotopic (exact) mass is 1180 g/mol. The zero-order valence-electron chi connectivity index (χ0n) is 54.6. The Kier molecular flexibility index (Phi) is 59.3. The fourth-order valence-electron chi connectivity index (χ4n) is 9.44. The summed E-state index contributed by atoms with van der Waals surface area (Å²) in [5, 5.41) is 3.03. The van der Waals surface area contributed by atoms with E-state index in [1.165, 1.54) is 128 Å². The lowest BCUT2D eigenvalue weighted by molar-refractivity contribution is -0.870. The number of ether oxygens (including phenoxy) is 1. The molecule has 0 bridgehead atoms. The van der Waals surface area contributed by atoms with E-state index in [0.29, 0.717) is 17.4 Å². The number of esters is 1. The number of carbonyl (C=O) groups is 2. The fraction of sp³-hybridized carbons (Fsp3) is 0.726. The first-order valence-corrected chi connectivity index (χ1v) is 35.7. The molecule has 1 N–H and O–H groups in total. The Morgan fingerprint density at radius 3 is 1.18 bits per heavy atom. The van der Waals surface area contributed by atoms with Crippen molar-refractivity contribution >= 4 is 19.7 Å². The molecule has 0 spiro atoms. The van der Waals surface area contributed by atoms with Crippen molar-refractivity contribution in [2.75, 3.05) is 40.9 Å². The molecule has 3 atom stereocenters. The van der Waals surface area contributed by atoms with Crippen molar-refractivity contribution in [2.24, 2.45) is 0 Å². The second-order valence-corrected chi connectivity index (χ2v) is 25.4. The Morgan fingerprint density at radius 2 is 0.771 bits per heavy atom. The molecule has 478 valence electrons. The molecule has 0 heterocycles. The van der Waals surface area contributed by atoms with Crippen LogP contribution in [0.3, 0.4) is 0 Å². The summed E-state index contributed by atoms with van der Waals surface area (Å²) in [6.07, 6.45) is 84.9. The van der Waals surface area contributed by atoms with E-state index >= 15 is 0 Å². The summed E-state index contributed by atoms with van der Waals surface area (Å²) >= 11 is 0. The van der Waals surface area contributed by atoms with Crippen LogP contribution >= 0.6 is 7.82 Å². The molecule has 0 aliphatic carbocycles. The third kappa shape index (κ3) is 63.0. The van der Waals surface area contributed by atoms with E-state index in [1.807, 2.05) is 33.3 Å². The van der Waals surface area contributed by atoms with Gasteiger partial charge in [0.05, 0.1) is 33.8 Å². The number of phosphoric acid groups is 1. The van der Waals surface area contributed by atoms with Gasteiger partial charge in [-0.25, -0.2) is 0 Å². The minimum absolute atomic E-state index is 0.0303. The highest BCUT2D eigenvalue weighted by Crippen LogP contribution is 2.38. The Hall–Kier alpha value is -3.33. The zero-order chi connectivity index (χ0) is 60.7. The molecule has 0 radical (unpaired) electrons. The molecule has 3 unspecified atom stereocenters. The van der Waals surface area contributed by atoms with E-state index in [1.54, 1.807) is 0 Å². The number of amides is 1. The minimum Gasteiger partial charge on any atom is -0.756 e. The van der Waals surface area contributed by atoms with Gasteiger partial charge in [0, 0.05) is 12.8 Å². The molecule has 0 fully saturated rings. The van der Waals surface area contributed by atoms with Gasteiger partial charge in [-0.1, -0.05) is 272 Å². The van der Waals surface area contributed by atoms with E-state index in [0.717, 1.165) is 128 Å². The molecule has 0 aromatic heterocycles. The highest BCUT2D eigenvalue weighted by atomic mass is 31.2. The van der Waals surface area contributed by atoms with Crippen LogP contribution < -0.4 is 10.2 Å². The van der Waals surface area contributed by atoms with Gasteiger partial charge in [-0.05, 0) is 115 Å². The summed E-state index contributed by atoms with van der Waals surface area (Å²) in [5.41, 5.74) is 0. The van der Waals surface area contributed by atoms with Gasteiger partial charge < -0.3 is 28.5 Å². The van der Waals surface area contributed by atoms with E-state index in [4.69, 9.17) is 13.8 Å². The third-order valence-corrected chi connectivity index (χ3v) is 15.7. The lowest BCUT2D eigenvalue weighted by Crippen LogP contribution is -2.47. The number of nitrogens with one attached hydrogen (secondary N) is 1. The molecule has 10 heteroatoms. The number of unbranched alkanes of at least 4 members (excludes halogenated alkanes) is 29. The molecule has 9 nitrogen and oxygen atoms in total. The van der Waals surface area contributed by atoms with Gasteiger partial charge in [0.2, 0.25) is 5.91 Å². The smallest absolute Gasteiger partial charge is 0.306 e. The summed E-state index contributed by atoms with van der Waals surface area (Å²) in [6.45, 7) is 6.69. The molecular formula is C73H129N2O7P. The molecule has 0 saturated heterocycles. The lowest BCUT2D eigenvalue weighted by atomic mass is 10.0. The molecule has 0 saturated carbocycles. The number of hydrogen-bond donors (Lipinski definition) is 1.